The minimum atomic E-state index is -1.13. The third kappa shape index (κ3) is 27.1. The van der Waals surface area contributed by atoms with E-state index in [9.17, 15) is 43.5 Å². The number of halogens is 16. The summed E-state index contributed by atoms with van der Waals surface area (Å²) in [6.07, 6.45) is 6.45. The number of hydrogen-bond donors (Lipinski definition) is 5. The first-order chi connectivity index (χ1) is 61.8. The van der Waals surface area contributed by atoms with Crippen molar-refractivity contribution < 1.29 is 95.2 Å². The Morgan fingerprint density at radius 2 is 0.714 bits per heavy atom. The molecule has 0 atom stereocenters. The van der Waals surface area contributed by atoms with Gasteiger partial charge in [0.1, 0.15) is 73.7 Å². The highest BCUT2D eigenvalue weighted by Gasteiger charge is 2.57. The fourth-order valence-corrected chi connectivity index (χ4v) is 18.2. The highest BCUT2D eigenvalue weighted by molar-refractivity contribution is 6.45. The van der Waals surface area contributed by atoms with Gasteiger partial charge in [-0.25, -0.2) is 28.8 Å². The Hall–Kier alpha value is -7.51. The number of hydrogen-bond acceptors (Lipinski definition) is 27. The average Bonchev–Trinajstić information content (AvgIpc) is 1.62. The van der Waals surface area contributed by atoms with E-state index in [-0.39, 0.29) is 153 Å². The van der Waals surface area contributed by atoms with E-state index in [2.05, 4.69) is 36.4 Å². The molecule has 9 aromatic rings. The number of oxime groups is 1. The van der Waals surface area contributed by atoms with Crippen molar-refractivity contribution in [2.75, 3.05) is 54.6 Å². The number of aromatic carboxylic acids is 1. The molecule has 0 bridgehead atoms. The van der Waals surface area contributed by atoms with Crippen LogP contribution in [0.2, 0.25) is 75.3 Å². The molecule has 5 aliphatic rings. The normalized spacial score (nSPS) is 15.0. The van der Waals surface area contributed by atoms with Gasteiger partial charge in [0, 0.05) is 52.9 Å². The van der Waals surface area contributed by atoms with Crippen LogP contribution in [0.3, 0.4) is 0 Å². The number of carbonyl (C=O) groups is 8. The molecule has 6 N–H and O–H groups in total. The van der Waals surface area contributed by atoms with Crippen molar-refractivity contribution >= 4 is 240 Å². The minimum Gasteiger partial charge on any atom is -0.477 e. The van der Waals surface area contributed by atoms with Gasteiger partial charge in [0.25, 0.3) is 0 Å². The SMILES string of the molecule is CCOC(=O)CC(=O)C1(NC(=O)OC(C)(C)C)CC1.CCOC(=O)c1c(-c2c(Cl)cc(Cl)cc2Cl)noc1C1(N(C)C)CC1.CCOC(=O)c1c(-c2c(Cl)cc(Cl)cc2Cl)noc1C1(N)CC1.CCOC(=O)c1c(-c2c(Cl)cc(Cl)cc2Cl)noc1C1(NC(=O)OC(C)(C)C)CC1.CN(C)C1(c2onc(-c3c(Cl)cc(Cl)cc3Cl)c2C(=O)O)CC1.Cl.O/N=C/c1c(Cl)cc(Cl)cc1Cl. The van der Waals surface area contributed by atoms with Gasteiger partial charge in [-0.05, 0) is 222 Å². The summed E-state index contributed by atoms with van der Waals surface area (Å²) < 4.78 is 52.6. The van der Waals surface area contributed by atoms with Crippen LogP contribution in [-0.2, 0) is 60.2 Å². The smallest absolute Gasteiger partial charge is 0.408 e. The van der Waals surface area contributed by atoms with E-state index in [1.807, 2.05) is 38.0 Å². The molecule has 4 heterocycles. The third-order valence-electron chi connectivity index (χ3n) is 20.4. The number of esters is 4. The van der Waals surface area contributed by atoms with E-state index < -0.39 is 75.4 Å². The summed E-state index contributed by atoms with van der Waals surface area (Å²) in [6, 6.07) is 15.1. The lowest BCUT2D eigenvalue weighted by Crippen LogP contribution is -2.46. The van der Waals surface area contributed by atoms with Crippen molar-refractivity contribution in [1.29, 1.82) is 0 Å². The molecule has 0 spiro atoms. The molecule has 2 amide bonds. The predicted octanol–water partition coefficient (Wildman–Crippen LogP) is 25.4. The minimum absolute atomic E-state index is 0. The lowest BCUT2D eigenvalue weighted by atomic mass is 10.0. The Bertz CT molecular complexity index is 5770. The van der Waals surface area contributed by atoms with Crippen LogP contribution in [0.15, 0.2) is 83.9 Å². The first kappa shape index (κ1) is 111. The Morgan fingerprint density at radius 3 is 0.992 bits per heavy atom. The molecule has 30 nitrogen and oxygen atoms in total. The Balaban J connectivity index is 0.000000199. The van der Waals surface area contributed by atoms with Gasteiger partial charge >= 0.3 is 42.0 Å². The number of benzene rings is 5. The second-order valence-electron chi connectivity index (χ2n) is 32.7. The lowest BCUT2D eigenvalue weighted by molar-refractivity contribution is -0.146. The molecule has 5 aliphatic carbocycles. The van der Waals surface area contributed by atoms with Crippen molar-refractivity contribution in [3.63, 3.8) is 0 Å². The number of nitrogens with one attached hydrogen (secondary N) is 2. The molecule has 133 heavy (non-hydrogen) atoms. The molecule has 0 aliphatic heterocycles. The van der Waals surface area contributed by atoms with Crippen LogP contribution in [0, 0.1) is 0 Å². The fraction of sp³-hybridized carbons (Fsp3) is 0.414. The van der Waals surface area contributed by atoms with E-state index in [0.717, 1.165) is 31.9 Å². The third-order valence-corrected chi connectivity index (χ3v) is 24.5. The van der Waals surface area contributed by atoms with Crippen LogP contribution in [0.5, 0.6) is 0 Å². The quantitative estimate of drug-likeness (QED) is 0.00936. The fourth-order valence-electron chi connectivity index (χ4n) is 13.3. The molecular weight excluding hydrogens is 2070 g/mol. The van der Waals surface area contributed by atoms with Gasteiger partial charge in [-0.15, -0.1) is 12.4 Å². The number of ether oxygens (including phenoxy) is 6. The van der Waals surface area contributed by atoms with Crippen LogP contribution in [0.25, 0.3) is 45.0 Å². The summed E-state index contributed by atoms with van der Waals surface area (Å²) in [5.74, 6) is -2.49. The summed E-state index contributed by atoms with van der Waals surface area (Å²) in [5.41, 5.74) is 4.49. The number of nitrogens with zero attached hydrogens (tertiary/aromatic N) is 7. The summed E-state index contributed by atoms with van der Waals surface area (Å²) in [7, 11) is 7.63. The first-order valence-electron chi connectivity index (χ1n) is 40.3. The molecule has 4 aromatic heterocycles. The van der Waals surface area contributed by atoms with Crippen molar-refractivity contribution in [3.8, 4) is 45.0 Å². The van der Waals surface area contributed by atoms with Crippen LogP contribution < -0.4 is 16.4 Å². The van der Waals surface area contributed by atoms with Crippen molar-refractivity contribution in [3.05, 3.63) is 187 Å². The Labute approximate surface area is 845 Å². The molecule has 0 unspecified atom stereocenters. The number of carboxylic acid groups (broad SMARTS) is 1. The Morgan fingerprint density at radius 1 is 0.429 bits per heavy atom. The molecular formula is C87H90Cl16N10O20. The second-order valence-corrected chi connectivity index (χ2v) is 39.0. The van der Waals surface area contributed by atoms with Crippen LogP contribution in [-0.4, -0.2) is 166 Å². The maximum absolute atomic E-state index is 12.8. The average molecular weight is 2160 g/mol. The van der Waals surface area contributed by atoms with E-state index in [0.29, 0.717) is 113 Å². The molecule has 0 saturated heterocycles. The molecule has 14 rings (SSSR count). The zero-order valence-corrected chi connectivity index (χ0v) is 85.6. The second kappa shape index (κ2) is 45.8. The zero-order chi connectivity index (χ0) is 98.2. The summed E-state index contributed by atoms with van der Waals surface area (Å²) in [6.45, 7) is 18.1. The van der Waals surface area contributed by atoms with E-state index >= 15 is 0 Å². The largest absolute Gasteiger partial charge is 0.477 e. The number of carbonyl (C=O) groups excluding carboxylic acids is 7. The number of Topliss-reactive ketones (excluding diaryl/α,β-unsaturated/α-hetero) is 1. The molecule has 5 saturated carbocycles. The molecule has 5 fully saturated rings. The molecule has 46 heteroatoms. The first-order valence-corrected chi connectivity index (χ1v) is 46.0. The highest BCUT2D eigenvalue weighted by Crippen LogP contribution is 2.57. The van der Waals surface area contributed by atoms with Gasteiger partial charge < -0.3 is 73.2 Å². The standard InChI is InChI=1S/C20H21Cl3N2O5.C17H17Cl3N2O3.2C15H13Cl3N2O3.C13H21NO5.C7H4Cl3NO.ClH/c1-5-28-17(26)14-15(13-11(22)8-10(21)9-12(13)23)25-30-16(14)20(6-7-20)24-18(27)29-19(2,3)4;1-4-24-16(23)13-14(12-10(19)7-9(18)8-11(12)20)21-25-15(13)17(5-6-17)22(2)3;1-20(2)15(3-4-15)13-11(14(21)22)12(19-23-13)10-8(17)5-7(16)6-9(10)18;1-2-22-14(21)11-12(20-23-13(11)15(19)3-4-15)10-8(17)5-7(16)6-9(10)18;1-5-18-10(16)8-9(15)13(6-7-13)14-11(17)19-12(2,3)4;8-4-1-6(9)5(3-11-12)7(10)2-4;/h8-9H,5-7H2,1-4H3,(H,24,27);7-8H,4-6H2,1-3H3;5-6H,3-4H2,1-2H3,(H,21,22);5-6H,2-4,19H2,1H3;5-8H2,1-4H3,(H,14,17);1-3,12H;1H/b;;;;;11-3+;. The van der Waals surface area contributed by atoms with Crippen LogP contribution in [0.4, 0.5) is 9.59 Å². The van der Waals surface area contributed by atoms with E-state index in [4.69, 9.17) is 231 Å². The number of carboxylic acids is 1. The van der Waals surface area contributed by atoms with Crippen molar-refractivity contribution in [2.24, 2.45) is 10.9 Å². The maximum atomic E-state index is 12.8. The van der Waals surface area contributed by atoms with Gasteiger partial charge in [-0.3, -0.25) is 19.4 Å². The van der Waals surface area contributed by atoms with Gasteiger partial charge in [-0.1, -0.05) is 200 Å². The predicted molar refractivity (Wildman–Crippen MR) is 513 cm³/mol. The highest BCUT2D eigenvalue weighted by atomic mass is 35.5. The van der Waals surface area contributed by atoms with E-state index in [1.54, 1.807) is 81.4 Å². The summed E-state index contributed by atoms with van der Waals surface area (Å²) >= 11 is 91.1. The number of nitrogens with two attached hydrogens (primary N) is 1. The number of aromatic nitrogens is 4. The van der Waals surface area contributed by atoms with E-state index in [1.165, 1.54) is 48.5 Å². The lowest BCUT2D eigenvalue weighted by Gasteiger charge is -2.22. The molecule has 5 aromatic carbocycles. The van der Waals surface area contributed by atoms with Crippen LogP contribution in [0.1, 0.15) is 210 Å². The monoisotopic (exact) mass is 2150 g/mol. The number of alkyl carbamates (subject to hydrolysis) is 2. The van der Waals surface area contributed by atoms with Crippen LogP contribution >= 0.6 is 186 Å². The van der Waals surface area contributed by atoms with Crippen molar-refractivity contribution in [1.82, 2.24) is 41.1 Å². The Kier molecular flexibility index (Phi) is 38.2. The summed E-state index contributed by atoms with van der Waals surface area (Å²) in [4.78, 5) is 101. The van der Waals surface area contributed by atoms with Gasteiger partial charge in [0.05, 0.1) is 99.5 Å². The number of amides is 2. The maximum Gasteiger partial charge on any atom is 0.408 e. The summed E-state index contributed by atoms with van der Waals surface area (Å²) in [5, 5.41) is 46.7. The molecule has 0 radical (unpaired) electrons. The van der Waals surface area contributed by atoms with Gasteiger partial charge in [0.15, 0.2) is 28.8 Å². The van der Waals surface area contributed by atoms with Gasteiger partial charge in [-0.2, -0.15) is 0 Å². The molecule has 720 valence electrons. The number of ketones is 1. The zero-order valence-electron chi connectivity index (χ0n) is 73.5. The van der Waals surface area contributed by atoms with Gasteiger partial charge in [0.2, 0.25) is 0 Å². The number of rotatable bonds is 24. The van der Waals surface area contributed by atoms with Crippen molar-refractivity contribution in [2.45, 2.75) is 179 Å². The topological polar surface area (TPSA) is 405 Å².